The largest absolute Gasteiger partial charge is 0.458 e. The minimum Gasteiger partial charge on any atom is -0.458 e. The molecule has 0 saturated carbocycles. The zero-order valence-electron chi connectivity index (χ0n) is 14.7. The van der Waals surface area contributed by atoms with Crippen molar-refractivity contribution < 1.29 is 26.8 Å². The van der Waals surface area contributed by atoms with E-state index in [0.29, 0.717) is 28.8 Å². The number of oxazole rings is 1. The Morgan fingerprint density at radius 3 is 2.97 bits per heavy atom. The van der Waals surface area contributed by atoms with Crippen LogP contribution in [-0.2, 0) is 6.42 Å². The standard InChI is InChI=1S/C19H13F3N4O3/c20-10-1-2-12-9(5-10)6-13(29-12)16-14-11(23-7-24-14)3-4-26(16)19(27)17-15(18(21)22)25-8-28-17/h1-2,5-8,16,18H,3-4H2,(H,23,24)/t16-/m1/s1. The Kier molecular flexibility index (Phi) is 3.93. The van der Waals surface area contributed by atoms with Crippen molar-refractivity contribution in [2.45, 2.75) is 18.9 Å². The van der Waals surface area contributed by atoms with Gasteiger partial charge in [0.15, 0.2) is 12.1 Å². The number of fused-ring (bicyclic) bond motifs is 2. The Morgan fingerprint density at radius 1 is 1.28 bits per heavy atom. The topological polar surface area (TPSA) is 88.2 Å². The molecule has 1 N–H and O–H groups in total. The van der Waals surface area contributed by atoms with Crippen LogP contribution in [0.15, 0.2) is 45.8 Å². The van der Waals surface area contributed by atoms with E-state index in [1.807, 2.05) is 0 Å². The van der Waals surface area contributed by atoms with Gasteiger partial charge in [0, 0.05) is 24.0 Å². The second kappa shape index (κ2) is 6.50. The smallest absolute Gasteiger partial charge is 0.292 e. The first kappa shape index (κ1) is 17.5. The molecule has 0 unspecified atom stereocenters. The quantitative estimate of drug-likeness (QED) is 0.560. The summed E-state index contributed by atoms with van der Waals surface area (Å²) in [5, 5.41) is 0.517. The number of H-pyrrole nitrogens is 1. The maximum atomic E-state index is 13.6. The van der Waals surface area contributed by atoms with Crippen LogP contribution in [0.3, 0.4) is 0 Å². The van der Waals surface area contributed by atoms with Crippen LogP contribution in [0.4, 0.5) is 13.2 Å². The number of nitrogens with one attached hydrogen (secondary N) is 1. The van der Waals surface area contributed by atoms with Crippen molar-refractivity contribution in [3.05, 3.63) is 71.4 Å². The first-order chi connectivity index (χ1) is 14.0. The fourth-order valence-electron chi connectivity index (χ4n) is 3.65. The molecule has 0 radical (unpaired) electrons. The molecule has 1 aromatic carbocycles. The number of rotatable bonds is 3. The molecule has 3 aromatic heterocycles. The summed E-state index contributed by atoms with van der Waals surface area (Å²) >= 11 is 0. The SMILES string of the molecule is O=C(c1ocnc1C(F)F)N1CCc2[nH]cnc2[C@H]1c1cc2cc(F)ccc2o1. The molecule has 0 fully saturated rings. The number of imidazole rings is 1. The molecule has 10 heteroatoms. The molecule has 1 atom stereocenters. The summed E-state index contributed by atoms with van der Waals surface area (Å²) < 4.78 is 50.8. The van der Waals surface area contributed by atoms with Gasteiger partial charge in [0.1, 0.15) is 23.2 Å². The van der Waals surface area contributed by atoms with E-state index >= 15 is 0 Å². The molecular weight excluding hydrogens is 389 g/mol. The molecule has 0 bridgehead atoms. The third-order valence-corrected chi connectivity index (χ3v) is 4.95. The summed E-state index contributed by atoms with van der Waals surface area (Å²) in [4.78, 5) is 25.2. The predicted molar refractivity (Wildman–Crippen MR) is 92.8 cm³/mol. The Labute approximate surface area is 161 Å². The van der Waals surface area contributed by atoms with E-state index in [4.69, 9.17) is 8.83 Å². The minimum absolute atomic E-state index is 0.216. The summed E-state index contributed by atoms with van der Waals surface area (Å²) in [6, 6.07) is 4.89. The van der Waals surface area contributed by atoms with Crippen molar-refractivity contribution in [3.8, 4) is 0 Å². The van der Waals surface area contributed by atoms with Gasteiger partial charge in [-0.1, -0.05) is 0 Å². The number of halogens is 3. The highest BCUT2D eigenvalue weighted by molar-refractivity contribution is 5.93. The molecule has 1 aliphatic rings. The van der Waals surface area contributed by atoms with Gasteiger partial charge in [-0.05, 0) is 24.3 Å². The van der Waals surface area contributed by atoms with Crippen molar-refractivity contribution in [2.24, 2.45) is 0 Å². The van der Waals surface area contributed by atoms with Crippen molar-refractivity contribution in [3.63, 3.8) is 0 Å². The van der Waals surface area contributed by atoms with Gasteiger partial charge < -0.3 is 18.7 Å². The highest BCUT2D eigenvalue weighted by Crippen LogP contribution is 2.38. The number of alkyl halides is 2. The van der Waals surface area contributed by atoms with Crippen molar-refractivity contribution in [1.82, 2.24) is 19.9 Å². The van der Waals surface area contributed by atoms with Gasteiger partial charge in [-0.15, -0.1) is 0 Å². The minimum atomic E-state index is -2.95. The normalized spacial score (nSPS) is 16.6. The van der Waals surface area contributed by atoms with Crippen LogP contribution in [0, 0.1) is 5.82 Å². The third-order valence-electron chi connectivity index (χ3n) is 4.95. The van der Waals surface area contributed by atoms with Crippen LogP contribution in [-0.4, -0.2) is 32.3 Å². The zero-order valence-corrected chi connectivity index (χ0v) is 14.7. The number of hydrogen-bond donors (Lipinski definition) is 1. The molecule has 7 nitrogen and oxygen atoms in total. The van der Waals surface area contributed by atoms with Crippen molar-refractivity contribution in [1.29, 1.82) is 0 Å². The Morgan fingerprint density at radius 2 is 2.14 bits per heavy atom. The Bertz CT molecular complexity index is 1210. The number of hydrogen-bond acceptors (Lipinski definition) is 5. The Hall–Kier alpha value is -3.56. The number of aromatic nitrogens is 3. The molecule has 5 rings (SSSR count). The lowest BCUT2D eigenvalue weighted by atomic mass is 9.99. The maximum Gasteiger partial charge on any atom is 0.292 e. The molecule has 4 heterocycles. The second-order valence-corrected chi connectivity index (χ2v) is 6.62. The molecule has 4 aromatic rings. The highest BCUT2D eigenvalue weighted by atomic mass is 19.3. The molecule has 29 heavy (non-hydrogen) atoms. The van der Waals surface area contributed by atoms with E-state index < -0.39 is 35.6 Å². The number of amides is 1. The summed E-state index contributed by atoms with van der Waals surface area (Å²) in [5.41, 5.74) is 1.05. The van der Waals surface area contributed by atoms with Gasteiger partial charge in [0.2, 0.25) is 5.76 Å². The molecule has 0 aliphatic carbocycles. The van der Waals surface area contributed by atoms with E-state index in [2.05, 4.69) is 15.0 Å². The van der Waals surface area contributed by atoms with Crippen LogP contribution >= 0.6 is 0 Å². The van der Waals surface area contributed by atoms with Crippen LogP contribution < -0.4 is 0 Å². The average molecular weight is 402 g/mol. The van der Waals surface area contributed by atoms with E-state index in [0.717, 1.165) is 12.1 Å². The fourth-order valence-corrected chi connectivity index (χ4v) is 3.65. The average Bonchev–Trinajstić information content (AvgIpc) is 3.43. The number of aromatic amines is 1. The van der Waals surface area contributed by atoms with Crippen LogP contribution in [0.25, 0.3) is 11.0 Å². The summed E-state index contributed by atoms with van der Waals surface area (Å²) in [6.07, 6.45) is -0.194. The lowest BCUT2D eigenvalue weighted by Gasteiger charge is -2.33. The van der Waals surface area contributed by atoms with E-state index in [9.17, 15) is 18.0 Å². The van der Waals surface area contributed by atoms with Gasteiger partial charge in [0.25, 0.3) is 12.3 Å². The van der Waals surface area contributed by atoms with E-state index in [1.165, 1.54) is 29.4 Å². The van der Waals surface area contributed by atoms with E-state index in [1.54, 1.807) is 6.07 Å². The number of furan rings is 1. The Balaban J connectivity index is 1.62. The molecule has 0 saturated heterocycles. The van der Waals surface area contributed by atoms with Crippen molar-refractivity contribution >= 4 is 16.9 Å². The predicted octanol–water partition coefficient (Wildman–Crippen LogP) is 4.01. The van der Waals surface area contributed by atoms with Gasteiger partial charge in [0.05, 0.1) is 12.0 Å². The van der Waals surface area contributed by atoms with Gasteiger partial charge >= 0.3 is 0 Å². The fraction of sp³-hybridized carbons (Fsp3) is 0.211. The van der Waals surface area contributed by atoms with Crippen LogP contribution in [0.5, 0.6) is 0 Å². The van der Waals surface area contributed by atoms with Crippen molar-refractivity contribution in [2.75, 3.05) is 6.54 Å². The van der Waals surface area contributed by atoms with Gasteiger partial charge in [-0.25, -0.2) is 23.1 Å². The van der Waals surface area contributed by atoms with Gasteiger partial charge in [-0.2, -0.15) is 0 Å². The van der Waals surface area contributed by atoms with E-state index in [-0.39, 0.29) is 6.54 Å². The summed E-state index contributed by atoms with van der Waals surface area (Å²) in [5.74, 6) is -1.36. The lowest BCUT2D eigenvalue weighted by molar-refractivity contribution is 0.0625. The monoisotopic (exact) mass is 402 g/mol. The first-order valence-corrected chi connectivity index (χ1v) is 8.76. The second-order valence-electron chi connectivity index (χ2n) is 6.62. The maximum absolute atomic E-state index is 13.6. The summed E-state index contributed by atoms with van der Waals surface area (Å²) in [7, 11) is 0. The van der Waals surface area contributed by atoms with Gasteiger partial charge in [-0.3, -0.25) is 4.79 Å². The third kappa shape index (κ3) is 2.79. The van der Waals surface area contributed by atoms with Crippen LogP contribution in [0.1, 0.15) is 45.9 Å². The number of nitrogens with zero attached hydrogens (tertiary/aromatic N) is 3. The first-order valence-electron chi connectivity index (χ1n) is 8.76. The molecule has 1 aliphatic heterocycles. The zero-order chi connectivity index (χ0) is 20.1. The van der Waals surface area contributed by atoms with Crippen LogP contribution in [0.2, 0.25) is 0 Å². The number of carbonyl (C=O) groups excluding carboxylic acids is 1. The molecule has 0 spiro atoms. The molecule has 1 amide bonds. The lowest BCUT2D eigenvalue weighted by Crippen LogP contribution is -2.40. The molecular formula is C19H13F3N4O3. The molecule has 148 valence electrons. The number of carbonyl (C=O) groups is 1. The summed E-state index contributed by atoms with van der Waals surface area (Å²) in [6.45, 7) is 0.216. The number of benzene rings is 1. The highest BCUT2D eigenvalue weighted by Gasteiger charge is 2.39.